The number of carbonyl (C=O) groups excluding carboxylic acids is 1. The molecule has 1 heterocycles. The van der Waals surface area contributed by atoms with E-state index in [-0.39, 0.29) is 5.92 Å². The van der Waals surface area contributed by atoms with Crippen LogP contribution in [-0.4, -0.2) is 23.7 Å². The van der Waals surface area contributed by atoms with Gasteiger partial charge in [0.05, 0.1) is 5.54 Å². The van der Waals surface area contributed by atoms with E-state index in [1.807, 2.05) is 6.07 Å². The van der Waals surface area contributed by atoms with Gasteiger partial charge in [-0.3, -0.25) is 0 Å². The molecule has 1 aliphatic heterocycles. The molecule has 1 atom stereocenters. The number of nitrogens with one attached hydrogen (secondary N) is 1. The van der Waals surface area contributed by atoms with Gasteiger partial charge in [-0.05, 0) is 36.1 Å². The highest BCUT2D eigenvalue weighted by atomic mass is 35.5. The summed E-state index contributed by atoms with van der Waals surface area (Å²) in [4.78, 5) is 13.7. The van der Waals surface area contributed by atoms with Gasteiger partial charge in [0, 0.05) is 16.3 Å². The van der Waals surface area contributed by atoms with Gasteiger partial charge in [0.25, 0.3) is 0 Å². The maximum Gasteiger partial charge on any atom is 0.406 e. The average molecular weight is 395 g/mol. The van der Waals surface area contributed by atoms with Crippen molar-refractivity contribution in [2.75, 3.05) is 11.9 Å². The van der Waals surface area contributed by atoms with E-state index < -0.39 is 24.3 Å². The van der Waals surface area contributed by atoms with Crippen molar-refractivity contribution in [1.82, 2.24) is 4.90 Å². The highest BCUT2D eigenvalue weighted by molar-refractivity contribution is 6.30. The fourth-order valence-electron chi connectivity index (χ4n) is 3.96. The third-order valence-corrected chi connectivity index (χ3v) is 5.48. The summed E-state index contributed by atoms with van der Waals surface area (Å²) < 4.78 is 40.3. The van der Waals surface area contributed by atoms with Crippen molar-refractivity contribution in [3.8, 4) is 0 Å². The van der Waals surface area contributed by atoms with Gasteiger partial charge in [-0.1, -0.05) is 54.8 Å². The predicted octanol–water partition coefficient (Wildman–Crippen LogP) is 5.79. The molecule has 1 unspecified atom stereocenters. The van der Waals surface area contributed by atoms with Crippen LogP contribution in [0, 0.1) is 5.92 Å². The SMILES string of the molecule is O=C1Nc2ccc(Cl)cc2C(CC2CC2)(c2ccccc2)N1CC(F)(F)F. The first-order chi connectivity index (χ1) is 12.8. The van der Waals surface area contributed by atoms with E-state index in [9.17, 15) is 18.0 Å². The summed E-state index contributed by atoms with van der Waals surface area (Å²) >= 11 is 6.21. The highest BCUT2D eigenvalue weighted by Gasteiger charge is 2.53. The van der Waals surface area contributed by atoms with Crippen molar-refractivity contribution in [2.45, 2.75) is 31.0 Å². The zero-order chi connectivity index (χ0) is 19.2. The van der Waals surface area contributed by atoms with Crippen molar-refractivity contribution >= 4 is 23.3 Å². The number of alkyl halides is 3. The Labute approximate surface area is 160 Å². The third kappa shape index (κ3) is 3.38. The largest absolute Gasteiger partial charge is 0.406 e. The Bertz CT molecular complexity index is 867. The minimum Gasteiger partial charge on any atom is -0.307 e. The average Bonchev–Trinajstić information content (AvgIpc) is 3.42. The summed E-state index contributed by atoms with van der Waals surface area (Å²) in [6, 6.07) is 13.2. The summed E-state index contributed by atoms with van der Waals surface area (Å²) in [6.07, 6.45) is -2.18. The van der Waals surface area contributed by atoms with Gasteiger partial charge in [0.1, 0.15) is 6.54 Å². The monoisotopic (exact) mass is 394 g/mol. The molecule has 7 heteroatoms. The Hall–Kier alpha value is -2.21. The van der Waals surface area contributed by atoms with Crippen LogP contribution in [0.4, 0.5) is 23.7 Å². The molecule has 1 N–H and O–H groups in total. The van der Waals surface area contributed by atoms with Crippen LogP contribution >= 0.6 is 11.6 Å². The number of benzene rings is 2. The number of urea groups is 1. The standard InChI is InChI=1S/C20H18ClF3N2O/c21-15-8-9-17-16(10-15)19(11-13-6-7-13,14-4-2-1-3-5-14)26(18(27)25-17)12-20(22,23)24/h1-5,8-10,13H,6-7,11-12H2,(H,25,27). The van der Waals surface area contributed by atoms with Crippen molar-refractivity contribution in [3.05, 3.63) is 64.7 Å². The lowest BCUT2D eigenvalue weighted by molar-refractivity contribution is -0.149. The van der Waals surface area contributed by atoms with Crippen LogP contribution in [0.5, 0.6) is 0 Å². The lowest BCUT2D eigenvalue weighted by Crippen LogP contribution is -2.58. The first-order valence-corrected chi connectivity index (χ1v) is 9.18. The Balaban J connectivity index is 1.98. The van der Waals surface area contributed by atoms with E-state index >= 15 is 0 Å². The molecule has 0 spiro atoms. The highest BCUT2D eigenvalue weighted by Crippen LogP contribution is 2.52. The van der Waals surface area contributed by atoms with Crippen molar-refractivity contribution in [3.63, 3.8) is 0 Å². The normalized spacial score (nSPS) is 22.4. The summed E-state index contributed by atoms with van der Waals surface area (Å²) in [6.45, 7) is -1.33. The molecule has 2 aliphatic rings. The molecule has 0 saturated heterocycles. The van der Waals surface area contributed by atoms with Crippen LogP contribution in [0.15, 0.2) is 48.5 Å². The predicted molar refractivity (Wildman–Crippen MR) is 97.8 cm³/mol. The Morgan fingerprint density at radius 2 is 1.85 bits per heavy atom. The third-order valence-electron chi connectivity index (χ3n) is 5.24. The molecule has 0 bridgehead atoms. The smallest absolute Gasteiger partial charge is 0.307 e. The fraction of sp³-hybridized carbons (Fsp3) is 0.350. The van der Waals surface area contributed by atoms with Crippen LogP contribution in [0.3, 0.4) is 0 Å². The van der Waals surface area contributed by atoms with Crippen LogP contribution in [0.1, 0.15) is 30.4 Å². The summed E-state index contributed by atoms with van der Waals surface area (Å²) in [7, 11) is 0. The van der Waals surface area contributed by atoms with Gasteiger partial charge < -0.3 is 10.2 Å². The lowest BCUT2D eigenvalue weighted by atomic mass is 9.75. The second kappa shape index (κ2) is 6.44. The van der Waals surface area contributed by atoms with E-state index in [0.717, 1.165) is 17.7 Å². The van der Waals surface area contributed by atoms with Gasteiger partial charge >= 0.3 is 12.2 Å². The van der Waals surface area contributed by atoms with Crippen LogP contribution < -0.4 is 5.32 Å². The van der Waals surface area contributed by atoms with E-state index in [4.69, 9.17) is 11.6 Å². The van der Waals surface area contributed by atoms with Crippen LogP contribution in [0.25, 0.3) is 0 Å². The molecule has 1 aliphatic carbocycles. The second-order valence-electron chi connectivity index (χ2n) is 7.20. The topological polar surface area (TPSA) is 32.3 Å². The van der Waals surface area contributed by atoms with Gasteiger partial charge in [-0.15, -0.1) is 0 Å². The number of rotatable bonds is 4. The maximum absolute atomic E-state index is 13.4. The first-order valence-electron chi connectivity index (χ1n) is 8.80. The number of carbonyl (C=O) groups is 1. The Morgan fingerprint density at radius 1 is 1.15 bits per heavy atom. The molecule has 142 valence electrons. The molecule has 0 aromatic heterocycles. The molecule has 1 saturated carbocycles. The number of hydrogen-bond acceptors (Lipinski definition) is 1. The molecular formula is C20H18ClF3N2O. The van der Waals surface area contributed by atoms with E-state index in [1.165, 1.54) is 0 Å². The second-order valence-corrected chi connectivity index (χ2v) is 7.63. The Kier molecular flexibility index (Phi) is 4.34. The van der Waals surface area contributed by atoms with Gasteiger partial charge in [-0.2, -0.15) is 13.2 Å². The minimum absolute atomic E-state index is 0.277. The van der Waals surface area contributed by atoms with E-state index in [0.29, 0.717) is 28.3 Å². The zero-order valence-corrected chi connectivity index (χ0v) is 15.1. The number of amides is 2. The molecular weight excluding hydrogens is 377 g/mol. The van der Waals surface area contributed by atoms with Crippen LogP contribution in [0.2, 0.25) is 5.02 Å². The van der Waals surface area contributed by atoms with Crippen molar-refractivity contribution in [1.29, 1.82) is 0 Å². The number of halogens is 4. The molecule has 1 fully saturated rings. The number of fused-ring (bicyclic) bond motifs is 1. The van der Waals surface area contributed by atoms with Crippen LogP contribution in [-0.2, 0) is 5.54 Å². The number of anilines is 1. The molecule has 2 aromatic rings. The Morgan fingerprint density at radius 3 is 2.48 bits per heavy atom. The fourth-order valence-corrected chi connectivity index (χ4v) is 4.13. The van der Waals surface area contributed by atoms with Crippen molar-refractivity contribution < 1.29 is 18.0 Å². The molecule has 3 nitrogen and oxygen atoms in total. The summed E-state index contributed by atoms with van der Waals surface area (Å²) in [5, 5.41) is 3.03. The molecule has 27 heavy (non-hydrogen) atoms. The summed E-state index contributed by atoms with van der Waals surface area (Å²) in [5.41, 5.74) is 0.573. The minimum atomic E-state index is -4.52. The lowest BCUT2D eigenvalue weighted by Gasteiger charge is -2.49. The maximum atomic E-state index is 13.4. The quantitative estimate of drug-likeness (QED) is 0.699. The first kappa shape index (κ1) is 18.2. The summed E-state index contributed by atoms with van der Waals surface area (Å²) in [5.74, 6) is 0.277. The van der Waals surface area contributed by atoms with E-state index in [1.54, 1.807) is 42.5 Å². The molecule has 2 aromatic carbocycles. The number of nitrogens with zero attached hydrogens (tertiary/aromatic N) is 1. The molecule has 2 amide bonds. The van der Waals surface area contributed by atoms with Gasteiger partial charge in [0.15, 0.2) is 0 Å². The number of hydrogen-bond donors (Lipinski definition) is 1. The molecule has 0 radical (unpaired) electrons. The van der Waals surface area contributed by atoms with Gasteiger partial charge in [-0.25, -0.2) is 4.79 Å². The van der Waals surface area contributed by atoms with E-state index in [2.05, 4.69) is 5.32 Å². The van der Waals surface area contributed by atoms with Crippen molar-refractivity contribution in [2.24, 2.45) is 5.92 Å². The molecule has 4 rings (SSSR count). The van der Waals surface area contributed by atoms with Gasteiger partial charge in [0.2, 0.25) is 0 Å². The zero-order valence-electron chi connectivity index (χ0n) is 14.4.